The zero-order valence-corrected chi connectivity index (χ0v) is 19.1. The number of hydrogen-bond donors (Lipinski definition) is 2. The predicted molar refractivity (Wildman–Crippen MR) is 120 cm³/mol. The van der Waals surface area contributed by atoms with Crippen LogP contribution in [0.3, 0.4) is 0 Å². The molecule has 1 aromatic rings. The van der Waals surface area contributed by atoms with Crippen LogP contribution >= 0.6 is 24.0 Å². The van der Waals surface area contributed by atoms with Crippen LogP contribution in [-0.2, 0) is 19.5 Å². The van der Waals surface area contributed by atoms with Crippen molar-refractivity contribution < 1.29 is 0 Å². The number of aryl methyl sites for hydroxylation is 2. The fourth-order valence-electron chi connectivity index (χ4n) is 4.30. The van der Waals surface area contributed by atoms with Gasteiger partial charge >= 0.3 is 5.69 Å². The van der Waals surface area contributed by atoms with E-state index in [0.29, 0.717) is 12.0 Å². The third-order valence-corrected chi connectivity index (χ3v) is 6.14. The van der Waals surface area contributed by atoms with Crippen LogP contribution in [0.2, 0.25) is 0 Å². The summed E-state index contributed by atoms with van der Waals surface area (Å²) in [5, 5.41) is 11.4. The highest BCUT2D eigenvalue weighted by molar-refractivity contribution is 14.0. The molecular formula is C19H35IN6O. The minimum Gasteiger partial charge on any atom is -0.356 e. The van der Waals surface area contributed by atoms with E-state index in [1.54, 1.807) is 4.68 Å². The molecule has 1 saturated carbocycles. The van der Waals surface area contributed by atoms with Crippen LogP contribution < -0.4 is 16.3 Å². The number of aliphatic imine (C=N–C) groups is 1. The minimum atomic E-state index is 0. The van der Waals surface area contributed by atoms with E-state index in [9.17, 15) is 4.79 Å². The normalized spacial score (nSPS) is 18.7. The molecule has 1 fully saturated rings. The maximum absolute atomic E-state index is 12.3. The van der Waals surface area contributed by atoms with Crippen LogP contribution in [0.15, 0.2) is 9.79 Å². The summed E-state index contributed by atoms with van der Waals surface area (Å²) in [5.74, 6) is 1.81. The molecule has 2 N–H and O–H groups in total. The molecule has 27 heavy (non-hydrogen) atoms. The highest BCUT2D eigenvalue weighted by atomic mass is 127. The van der Waals surface area contributed by atoms with Gasteiger partial charge in [0.05, 0.1) is 0 Å². The summed E-state index contributed by atoms with van der Waals surface area (Å²) in [6.45, 7) is 5.55. The Balaban J connectivity index is 0.00000261. The van der Waals surface area contributed by atoms with Crippen LogP contribution in [0.1, 0.15) is 64.1 Å². The van der Waals surface area contributed by atoms with Gasteiger partial charge < -0.3 is 10.6 Å². The first-order valence-electron chi connectivity index (χ1n) is 10.3. The molecule has 1 aromatic heterocycles. The molecule has 154 valence electrons. The molecule has 0 saturated heterocycles. The average molecular weight is 490 g/mol. The van der Waals surface area contributed by atoms with E-state index in [0.717, 1.165) is 57.1 Å². The van der Waals surface area contributed by atoms with E-state index in [-0.39, 0.29) is 29.7 Å². The molecule has 0 aromatic carbocycles. The van der Waals surface area contributed by atoms with Gasteiger partial charge in [0.1, 0.15) is 5.82 Å². The zero-order valence-electron chi connectivity index (χ0n) is 16.8. The molecule has 3 rings (SSSR count). The molecule has 8 heteroatoms. The Labute approximate surface area is 179 Å². The lowest BCUT2D eigenvalue weighted by molar-refractivity contribution is 0.283. The van der Waals surface area contributed by atoms with Crippen LogP contribution in [0.25, 0.3) is 0 Å². The molecule has 0 radical (unpaired) electrons. The third kappa shape index (κ3) is 5.48. The molecule has 0 unspecified atom stereocenters. The highest BCUT2D eigenvalue weighted by Gasteiger charge is 2.31. The van der Waals surface area contributed by atoms with Crippen molar-refractivity contribution in [1.82, 2.24) is 25.0 Å². The fraction of sp³-hybridized carbons (Fsp3) is 0.842. The number of aromatic nitrogens is 3. The van der Waals surface area contributed by atoms with Crippen molar-refractivity contribution in [3.63, 3.8) is 0 Å². The second-order valence-electron chi connectivity index (χ2n) is 7.80. The van der Waals surface area contributed by atoms with E-state index in [1.165, 1.54) is 32.1 Å². The van der Waals surface area contributed by atoms with Gasteiger partial charge in [-0.2, -0.15) is 5.10 Å². The summed E-state index contributed by atoms with van der Waals surface area (Å²) in [5.41, 5.74) is 0.494. The van der Waals surface area contributed by atoms with Gasteiger partial charge in [0.15, 0.2) is 5.96 Å². The summed E-state index contributed by atoms with van der Waals surface area (Å²) >= 11 is 0. The molecule has 2 heterocycles. The van der Waals surface area contributed by atoms with Crippen molar-refractivity contribution in [1.29, 1.82) is 0 Å². The van der Waals surface area contributed by atoms with E-state index in [2.05, 4.69) is 27.6 Å². The van der Waals surface area contributed by atoms with Gasteiger partial charge in [0.25, 0.3) is 0 Å². The fourth-order valence-corrected chi connectivity index (χ4v) is 4.30. The number of nitrogens with zero attached hydrogens (tertiary/aromatic N) is 4. The summed E-state index contributed by atoms with van der Waals surface area (Å²) in [7, 11) is 1.82. The van der Waals surface area contributed by atoms with Crippen molar-refractivity contribution in [2.24, 2.45) is 10.4 Å². The minimum absolute atomic E-state index is 0. The van der Waals surface area contributed by atoms with Gasteiger partial charge in [-0.1, -0.05) is 19.8 Å². The highest BCUT2D eigenvalue weighted by Crippen LogP contribution is 2.40. The molecule has 7 nitrogen and oxygen atoms in total. The molecule has 0 amide bonds. The van der Waals surface area contributed by atoms with E-state index < -0.39 is 0 Å². The van der Waals surface area contributed by atoms with Crippen LogP contribution in [-0.4, -0.2) is 40.4 Å². The van der Waals surface area contributed by atoms with Crippen LogP contribution in [0.5, 0.6) is 0 Å². The van der Waals surface area contributed by atoms with Gasteiger partial charge in [0, 0.05) is 39.6 Å². The number of rotatable bonds is 7. The smallest absolute Gasteiger partial charge is 0.345 e. The lowest BCUT2D eigenvalue weighted by Gasteiger charge is -2.28. The van der Waals surface area contributed by atoms with Crippen molar-refractivity contribution >= 4 is 29.9 Å². The summed E-state index contributed by atoms with van der Waals surface area (Å²) in [6, 6.07) is 0. The third-order valence-electron chi connectivity index (χ3n) is 6.14. The topological polar surface area (TPSA) is 76.2 Å². The Bertz CT molecular complexity index is 674. The second-order valence-corrected chi connectivity index (χ2v) is 7.80. The standard InChI is InChI=1S/C19H34N6O.HI/c1-3-19(10-5-6-11-19)15-22-17(20-2)21-12-8-14-25-18(26)24-13-7-4-9-16(24)23-25;/h3-15H2,1-2H3,(H2,20,21,22);1H. The maximum Gasteiger partial charge on any atom is 0.345 e. The average Bonchev–Trinajstić information content (AvgIpc) is 3.27. The maximum atomic E-state index is 12.3. The van der Waals surface area contributed by atoms with Gasteiger partial charge in [-0.25, -0.2) is 9.48 Å². The Morgan fingerprint density at radius 2 is 2.00 bits per heavy atom. The largest absolute Gasteiger partial charge is 0.356 e. The molecule has 1 aliphatic carbocycles. The first-order valence-corrected chi connectivity index (χ1v) is 10.3. The summed E-state index contributed by atoms with van der Waals surface area (Å²) < 4.78 is 3.46. The quantitative estimate of drug-likeness (QED) is 0.267. The molecule has 2 aliphatic rings. The number of nitrogens with one attached hydrogen (secondary N) is 2. The zero-order chi connectivity index (χ0) is 18.4. The Morgan fingerprint density at radius 1 is 1.22 bits per heavy atom. The monoisotopic (exact) mass is 490 g/mol. The molecule has 1 aliphatic heterocycles. The van der Waals surface area contributed by atoms with Crippen molar-refractivity contribution in [2.75, 3.05) is 20.1 Å². The van der Waals surface area contributed by atoms with Crippen LogP contribution in [0, 0.1) is 5.41 Å². The van der Waals surface area contributed by atoms with Gasteiger partial charge in [-0.15, -0.1) is 24.0 Å². The molecule has 0 atom stereocenters. The van der Waals surface area contributed by atoms with E-state index in [1.807, 2.05) is 11.6 Å². The number of halogens is 1. The predicted octanol–water partition coefficient (Wildman–Crippen LogP) is 2.52. The lowest BCUT2D eigenvalue weighted by Crippen LogP contribution is -2.43. The summed E-state index contributed by atoms with van der Waals surface area (Å²) in [6.07, 6.45) is 10.6. The van der Waals surface area contributed by atoms with Gasteiger partial charge in [0.2, 0.25) is 0 Å². The first-order chi connectivity index (χ1) is 12.7. The molecule has 0 spiro atoms. The Kier molecular flexibility index (Phi) is 8.62. The van der Waals surface area contributed by atoms with E-state index >= 15 is 0 Å². The summed E-state index contributed by atoms with van der Waals surface area (Å²) in [4.78, 5) is 16.7. The first kappa shape index (κ1) is 22.2. The molecule has 0 bridgehead atoms. The van der Waals surface area contributed by atoms with Crippen molar-refractivity contribution in [2.45, 2.75) is 77.8 Å². The SMILES string of the molecule is CCC1(CNC(=NC)NCCCn2nc3n(c2=O)CCCC3)CCCC1.I. The van der Waals surface area contributed by atoms with Crippen molar-refractivity contribution in [3.05, 3.63) is 16.3 Å². The van der Waals surface area contributed by atoms with Gasteiger partial charge in [-0.05, 0) is 43.9 Å². The number of fused-ring (bicyclic) bond motifs is 1. The molecular weight excluding hydrogens is 455 g/mol. The van der Waals surface area contributed by atoms with Crippen molar-refractivity contribution in [3.8, 4) is 0 Å². The number of guanidine groups is 1. The second kappa shape index (κ2) is 10.5. The number of hydrogen-bond acceptors (Lipinski definition) is 3. The lowest BCUT2D eigenvalue weighted by atomic mass is 9.83. The van der Waals surface area contributed by atoms with E-state index in [4.69, 9.17) is 0 Å². The Hall–Kier alpha value is -1.06. The Morgan fingerprint density at radius 3 is 2.67 bits per heavy atom. The van der Waals surface area contributed by atoms with Crippen LogP contribution in [0.4, 0.5) is 0 Å². The van der Waals surface area contributed by atoms with Gasteiger partial charge in [-0.3, -0.25) is 9.56 Å².